The monoisotopic (exact) mass is 296 g/mol. The highest BCUT2D eigenvalue weighted by Crippen LogP contribution is 2.26. The van der Waals surface area contributed by atoms with E-state index in [-0.39, 0.29) is 5.70 Å². The van der Waals surface area contributed by atoms with E-state index in [1.165, 1.54) is 4.90 Å². The van der Waals surface area contributed by atoms with Crippen molar-refractivity contribution in [2.24, 2.45) is 11.6 Å². The van der Waals surface area contributed by atoms with Crippen LogP contribution in [-0.4, -0.2) is 6.26 Å². The lowest BCUT2D eigenvalue weighted by molar-refractivity contribution is 0.920. The Morgan fingerprint density at radius 1 is 1.14 bits per heavy atom. The SMILES string of the molecule is CSc1cccc(-c2cccc(/C(N)=C(\C#N)NN)c2)c1. The van der Waals surface area contributed by atoms with Crippen molar-refractivity contribution in [3.05, 3.63) is 59.8 Å². The summed E-state index contributed by atoms with van der Waals surface area (Å²) in [5, 5.41) is 8.98. The first kappa shape index (κ1) is 15.0. The third kappa shape index (κ3) is 3.37. The van der Waals surface area contributed by atoms with Crippen LogP contribution >= 0.6 is 11.8 Å². The largest absolute Gasteiger partial charge is 0.396 e. The first-order chi connectivity index (χ1) is 10.2. The summed E-state index contributed by atoms with van der Waals surface area (Å²) in [5.41, 5.74) is 11.7. The van der Waals surface area contributed by atoms with E-state index in [1.54, 1.807) is 11.8 Å². The quantitative estimate of drug-likeness (QED) is 0.349. The molecule has 0 aliphatic heterocycles. The molecule has 0 amide bonds. The number of nitrogens with one attached hydrogen (secondary N) is 1. The fourth-order valence-corrected chi connectivity index (χ4v) is 2.44. The maximum atomic E-state index is 8.98. The molecule has 0 aliphatic rings. The van der Waals surface area contributed by atoms with E-state index in [0.717, 1.165) is 16.7 Å². The molecule has 0 spiro atoms. The number of nitrogens with two attached hydrogens (primary N) is 2. The number of rotatable bonds is 4. The normalized spacial score (nSPS) is 11.5. The van der Waals surface area contributed by atoms with Gasteiger partial charge >= 0.3 is 0 Å². The van der Waals surface area contributed by atoms with Crippen molar-refractivity contribution in [2.45, 2.75) is 4.90 Å². The molecule has 5 N–H and O–H groups in total. The van der Waals surface area contributed by atoms with Gasteiger partial charge in [0.15, 0.2) is 5.70 Å². The standard InChI is InChI=1S/C16H16N4S/c1-21-14-7-3-5-12(9-14)11-4-2-6-13(8-11)16(18)15(10-17)20-19/h2-9,20H,18-19H2,1H3/b16-15-. The van der Waals surface area contributed by atoms with Crippen LogP contribution in [0.2, 0.25) is 0 Å². The second kappa shape index (κ2) is 6.84. The molecule has 106 valence electrons. The molecule has 0 unspecified atom stereocenters. The second-order valence-electron chi connectivity index (χ2n) is 4.36. The van der Waals surface area contributed by atoms with Crippen LogP contribution in [0.25, 0.3) is 16.8 Å². The van der Waals surface area contributed by atoms with E-state index in [1.807, 2.05) is 48.7 Å². The van der Waals surface area contributed by atoms with Crippen LogP contribution in [0, 0.1) is 11.3 Å². The molecule has 0 aromatic heterocycles. The Hall–Kier alpha value is -2.42. The van der Waals surface area contributed by atoms with Gasteiger partial charge in [-0.1, -0.05) is 30.3 Å². The van der Waals surface area contributed by atoms with Crippen molar-refractivity contribution in [1.82, 2.24) is 5.43 Å². The maximum Gasteiger partial charge on any atom is 0.151 e. The van der Waals surface area contributed by atoms with Crippen molar-refractivity contribution >= 4 is 17.5 Å². The van der Waals surface area contributed by atoms with Gasteiger partial charge < -0.3 is 11.2 Å². The van der Waals surface area contributed by atoms with E-state index >= 15 is 0 Å². The van der Waals surface area contributed by atoms with Gasteiger partial charge in [-0.25, -0.2) is 5.84 Å². The minimum atomic E-state index is 0.157. The number of hydrazine groups is 1. The topological polar surface area (TPSA) is 87.9 Å². The summed E-state index contributed by atoms with van der Waals surface area (Å²) in [5.74, 6) is 5.30. The Morgan fingerprint density at radius 3 is 2.43 bits per heavy atom. The summed E-state index contributed by atoms with van der Waals surface area (Å²) >= 11 is 1.70. The van der Waals surface area contributed by atoms with Crippen molar-refractivity contribution in [3.8, 4) is 17.2 Å². The molecule has 0 heterocycles. The molecule has 2 aromatic carbocycles. The summed E-state index contributed by atoms with van der Waals surface area (Å²) in [7, 11) is 0. The van der Waals surface area contributed by atoms with Gasteiger partial charge in [-0.2, -0.15) is 5.26 Å². The van der Waals surface area contributed by atoms with Gasteiger partial charge in [0.25, 0.3) is 0 Å². The van der Waals surface area contributed by atoms with Crippen molar-refractivity contribution < 1.29 is 0 Å². The van der Waals surface area contributed by atoms with Gasteiger partial charge in [0.1, 0.15) is 6.07 Å². The summed E-state index contributed by atoms with van der Waals surface area (Å²) in [6, 6.07) is 17.9. The number of hydrogen-bond acceptors (Lipinski definition) is 5. The fraction of sp³-hybridized carbons (Fsp3) is 0.0625. The highest BCUT2D eigenvalue weighted by atomic mass is 32.2. The molecule has 0 radical (unpaired) electrons. The van der Waals surface area contributed by atoms with Crippen LogP contribution in [0.5, 0.6) is 0 Å². The third-order valence-corrected chi connectivity index (χ3v) is 3.83. The molecular weight excluding hydrogens is 280 g/mol. The molecule has 0 aliphatic carbocycles. The lowest BCUT2D eigenvalue weighted by atomic mass is 10.0. The summed E-state index contributed by atoms with van der Waals surface area (Å²) in [4.78, 5) is 1.20. The molecule has 0 saturated carbocycles. The maximum absolute atomic E-state index is 8.98. The van der Waals surface area contributed by atoms with Gasteiger partial charge in [-0.3, -0.25) is 0 Å². The van der Waals surface area contributed by atoms with E-state index < -0.39 is 0 Å². The van der Waals surface area contributed by atoms with E-state index in [4.69, 9.17) is 16.8 Å². The summed E-state index contributed by atoms with van der Waals surface area (Å²) in [6.45, 7) is 0. The molecule has 21 heavy (non-hydrogen) atoms. The minimum absolute atomic E-state index is 0.157. The van der Waals surface area contributed by atoms with Crippen molar-refractivity contribution in [1.29, 1.82) is 5.26 Å². The Kier molecular flexibility index (Phi) is 4.88. The van der Waals surface area contributed by atoms with Crippen LogP contribution in [0.3, 0.4) is 0 Å². The summed E-state index contributed by atoms with van der Waals surface area (Å²) < 4.78 is 0. The third-order valence-electron chi connectivity index (χ3n) is 3.10. The average molecular weight is 296 g/mol. The second-order valence-corrected chi connectivity index (χ2v) is 5.24. The van der Waals surface area contributed by atoms with Crippen molar-refractivity contribution in [2.75, 3.05) is 6.26 Å². The first-order valence-corrected chi connectivity index (χ1v) is 7.53. The van der Waals surface area contributed by atoms with Gasteiger partial charge in [-0.05, 0) is 35.6 Å². The first-order valence-electron chi connectivity index (χ1n) is 6.31. The van der Waals surface area contributed by atoms with Crippen LogP contribution in [-0.2, 0) is 0 Å². The molecule has 0 atom stereocenters. The predicted molar refractivity (Wildman–Crippen MR) is 87.7 cm³/mol. The molecule has 2 aromatic rings. The Bertz CT molecular complexity index is 716. The van der Waals surface area contributed by atoms with Gasteiger partial charge in [0.2, 0.25) is 0 Å². The highest BCUT2D eigenvalue weighted by molar-refractivity contribution is 7.98. The van der Waals surface area contributed by atoms with Crippen LogP contribution < -0.4 is 17.0 Å². The van der Waals surface area contributed by atoms with E-state index in [0.29, 0.717) is 5.70 Å². The zero-order valence-corrected chi connectivity index (χ0v) is 12.4. The minimum Gasteiger partial charge on any atom is -0.396 e. The smallest absolute Gasteiger partial charge is 0.151 e. The van der Waals surface area contributed by atoms with Gasteiger partial charge in [0, 0.05) is 10.5 Å². The van der Waals surface area contributed by atoms with Crippen LogP contribution in [0.15, 0.2) is 59.1 Å². The number of hydrogen-bond donors (Lipinski definition) is 3. The van der Waals surface area contributed by atoms with Crippen LogP contribution in [0.4, 0.5) is 0 Å². The number of thioether (sulfide) groups is 1. The molecule has 0 bridgehead atoms. The summed E-state index contributed by atoms with van der Waals surface area (Å²) in [6.07, 6.45) is 2.04. The molecule has 2 rings (SSSR count). The fourth-order valence-electron chi connectivity index (χ4n) is 1.98. The zero-order valence-electron chi connectivity index (χ0n) is 11.6. The Morgan fingerprint density at radius 2 is 1.81 bits per heavy atom. The molecular formula is C16H16N4S. The average Bonchev–Trinajstić information content (AvgIpc) is 2.56. The molecule has 4 nitrogen and oxygen atoms in total. The van der Waals surface area contributed by atoms with Crippen LogP contribution in [0.1, 0.15) is 5.56 Å². The van der Waals surface area contributed by atoms with E-state index in [9.17, 15) is 0 Å². The zero-order chi connectivity index (χ0) is 15.2. The number of nitrogens with zero attached hydrogens (tertiary/aromatic N) is 1. The Balaban J connectivity index is 2.47. The molecule has 0 saturated heterocycles. The predicted octanol–water partition coefficient (Wildman–Crippen LogP) is 2.69. The molecule has 0 fully saturated rings. The molecule has 5 heteroatoms. The lowest BCUT2D eigenvalue weighted by Gasteiger charge is -2.09. The Labute approximate surface area is 128 Å². The van der Waals surface area contributed by atoms with Gasteiger partial charge in [0.05, 0.1) is 5.70 Å². The van der Waals surface area contributed by atoms with Gasteiger partial charge in [-0.15, -0.1) is 11.8 Å². The van der Waals surface area contributed by atoms with E-state index in [2.05, 4.69) is 17.6 Å². The highest BCUT2D eigenvalue weighted by Gasteiger charge is 2.06. The number of nitriles is 1. The van der Waals surface area contributed by atoms with Crippen molar-refractivity contribution in [3.63, 3.8) is 0 Å². The number of benzene rings is 2. The number of allylic oxidation sites excluding steroid dienone is 1. The lowest BCUT2D eigenvalue weighted by Crippen LogP contribution is -2.23.